The Labute approximate surface area is 148 Å². The van der Waals surface area contributed by atoms with Gasteiger partial charge in [0, 0.05) is 11.4 Å². The van der Waals surface area contributed by atoms with Crippen molar-refractivity contribution < 1.29 is 0 Å². The van der Waals surface area contributed by atoms with Gasteiger partial charge in [0.05, 0.1) is 6.20 Å². The maximum atomic E-state index is 4.55. The first kappa shape index (κ1) is 16.9. The van der Waals surface area contributed by atoms with Crippen LogP contribution in [0.3, 0.4) is 0 Å². The maximum absolute atomic E-state index is 4.55. The molecule has 0 radical (unpaired) electrons. The molecule has 0 bridgehead atoms. The third-order valence-corrected chi connectivity index (χ3v) is 4.13. The van der Waals surface area contributed by atoms with Crippen LogP contribution >= 0.6 is 0 Å². The monoisotopic (exact) mass is 333 g/mol. The molecule has 0 aliphatic heterocycles. The number of aromatic nitrogens is 3. The molecule has 1 heterocycles. The van der Waals surface area contributed by atoms with Crippen LogP contribution in [0.25, 0.3) is 0 Å². The van der Waals surface area contributed by atoms with Crippen LogP contribution in [-0.4, -0.2) is 15.2 Å². The molecular formula is C20H23N5. The first-order valence-electron chi connectivity index (χ1n) is 8.43. The Hall–Kier alpha value is -2.95. The average molecular weight is 333 g/mol. The molecular weight excluding hydrogens is 310 g/mol. The van der Waals surface area contributed by atoms with Gasteiger partial charge in [0.2, 0.25) is 5.95 Å². The number of benzene rings is 2. The number of anilines is 4. The Kier molecular flexibility index (Phi) is 4.93. The Balaban J connectivity index is 1.87. The minimum Gasteiger partial charge on any atom is -0.338 e. The summed E-state index contributed by atoms with van der Waals surface area (Å²) in [4.78, 5) is 4.55. The highest BCUT2D eigenvalue weighted by Gasteiger charge is 2.11. The largest absolute Gasteiger partial charge is 0.338 e. The van der Waals surface area contributed by atoms with Gasteiger partial charge in [0.1, 0.15) is 0 Å². The number of rotatable bonds is 5. The van der Waals surface area contributed by atoms with Crippen LogP contribution < -0.4 is 10.6 Å². The zero-order valence-corrected chi connectivity index (χ0v) is 15.0. The third-order valence-electron chi connectivity index (χ3n) is 4.13. The van der Waals surface area contributed by atoms with E-state index in [4.69, 9.17) is 0 Å². The smallest absolute Gasteiger partial charge is 0.249 e. The van der Waals surface area contributed by atoms with Crippen LogP contribution in [0.15, 0.2) is 48.7 Å². The lowest BCUT2D eigenvalue weighted by Crippen LogP contribution is -2.05. The topological polar surface area (TPSA) is 62.7 Å². The highest BCUT2D eigenvalue weighted by molar-refractivity contribution is 5.66. The van der Waals surface area contributed by atoms with E-state index in [9.17, 15) is 0 Å². The minimum atomic E-state index is 0.418. The van der Waals surface area contributed by atoms with Crippen molar-refractivity contribution in [2.75, 3.05) is 10.6 Å². The molecule has 128 valence electrons. The van der Waals surface area contributed by atoms with Gasteiger partial charge >= 0.3 is 0 Å². The number of hydrogen-bond donors (Lipinski definition) is 2. The first-order chi connectivity index (χ1) is 12.0. The van der Waals surface area contributed by atoms with Crippen LogP contribution in [0.4, 0.5) is 23.1 Å². The highest BCUT2D eigenvalue weighted by Crippen LogP contribution is 2.29. The van der Waals surface area contributed by atoms with Crippen LogP contribution in [0.1, 0.15) is 36.5 Å². The van der Waals surface area contributed by atoms with Crippen molar-refractivity contribution in [3.8, 4) is 0 Å². The van der Waals surface area contributed by atoms with Gasteiger partial charge in [-0.25, -0.2) is 0 Å². The lowest BCUT2D eigenvalue weighted by molar-refractivity contribution is 0.866. The Bertz CT molecular complexity index is 873. The van der Waals surface area contributed by atoms with Crippen molar-refractivity contribution in [3.63, 3.8) is 0 Å². The maximum Gasteiger partial charge on any atom is 0.249 e. The third kappa shape index (κ3) is 3.94. The number of nitrogens with zero attached hydrogens (tertiary/aromatic N) is 3. The summed E-state index contributed by atoms with van der Waals surface area (Å²) in [5.41, 5.74) is 5.62. The predicted octanol–water partition coefficient (Wildman–Crippen LogP) is 5.10. The molecule has 0 atom stereocenters. The molecule has 0 amide bonds. The van der Waals surface area contributed by atoms with Crippen molar-refractivity contribution in [3.05, 3.63) is 65.4 Å². The van der Waals surface area contributed by atoms with Crippen molar-refractivity contribution >= 4 is 23.1 Å². The molecule has 0 unspecified atom stereocenters. The number of hydrogen-bond acceptors (Lipinski definition) is 5. The molecule has 0 saturated carbocycles. The lowest BCUT2D eigenvalue weighted by atomic mass is 9.98. The Morgan fingerprint density at radius 3 is 2.40 bits per heavy atom. The highest BCUT2D eigenvalue weighted by atomic mass is 15.3. The molecule has 0 spiro atoms. The lowest BCUT2D eigenvalue weighted by Gasteiger charge is -2.17. The molecule has 25 heavy (non-hydrogen) atoms. The minimum absolute atomic E-state index is 0.418. The van der Waals surface area contributed by atoms with Gasteiger partial charge in [0.25, 0.3) is 0 Å². The summed E-state index contributed by atoms with van der Waals surface area (Å²) in [6, 6.07) is 14.3. The molecule has 2 N–H and O–H groups in total. The van der Waals surface area contributed by atoms with Gasteiger partial charge in [-0.1, -0.05) is 50.2 Å². The fourth-order valence-corrected chi connectivity index (χ4v) is 2.72. The Morgan fingerprint density at radius 1 is 0.880 bits per heavy atom. The molecule has 0 saturated heterocycles. The van der Waals surface area contributed by atoms with Gasteiger partial charge in [-0.15, -0.1) is 5.10 Å². The number of nitrogens with one attached hydrogen (secondary N) is 2. The van der Waals surface area contributed by atoms with Gasteiger partial charge in [0.15, 0.2) is 5.82 Å². The number of aryl methyl sites for hydroxylation is 2. The standard InChI is InChI=1S/C20H23N5/c1-13(2)16-10-7-9-15(4)19(16)23-18-12-21-25-20(24-18)22-17-11-6-5-8-14(17)3/h5-13H,1-4H3,(H2,22,23,24,25). The molecule has 1 aromatic heterocycles. The molecule has 0 aliphatic rings. The number of para-hydroxylation sites is 2. The van der Waals surface area contributed by atoms with E-state index in [0.29, 0.717) is 17.7 Å². The van der Waals surface area contributed by atoms with E-state index in [2.05, 4.69) is 64.8 Å². The Morgan fingerprint density at radius 2 is 1.64 bits per heavy atom. The van der Waals surface area contributed by atoms with Crippen molar-refractivity contribution in [1.82, 2.24) is 15.2 Å². The zero-order valence-electron chi connectivity index (χ0n) is 15.0. The van der Waals surface area contributed by atoms with Gasteiger partial charge in [-0.05, 0) is 42.5 Å². The van der Waals surface area contributed by atoms with Crippen LogP contribution in [0.2, 0.25) is 0 Å². The van der Waals surface area contributed by atoms with E-state index in [1.807, 2.05) is 31.2 Å². The predicted molar refractivity (Wildman–Crippen MR) is 103 cm³/mol. The van der Waals surface area contributed by atoms with E-state index >= 15 is 0 Å². The fraction of sp³-hybridized carbons (Fsp3) is 0.250. The van der Waals surface area contributed by atoms with E-state index in [1.165, 1.54) is 11.1 Å². The van der Waals surface area contributed by atoms with E-state index in [0.717, 1.165) is 16.9 Å². The van der Waals surface area contributed by atoms with Crippen LogP contribution in [-0.2, 0) is 0 Å². The quantitative estimate of drug-likeness (QED) is 0.680. The molecule has 0 aliphatic carbocycles. The molecule has 5 nitrogen and oxygen atoms in total. The van der Waals surface area contributed by atoms with E-state index in [1.54, 1.807) is 6.20 Å². The summed E-state index contributed by atoms with van der Waals surface area (Å²) in [6.07, 6.45) is 1.64. The summed E-state index contributed by atoms with van der Waals surface area (Å²) >= 11 is 0. The van der Waals surface area contributed by atoms with Crippen molar-refractivity contribution in [1.29, 1.82) is 0 Å². The van der Waals surface area contributed by atoms with E-state index in [-0.39, 0.29) is 0 Å². The second-order valence-corrected chi connectivity index (χ2v) is 6.42. The summed E-state index contributed by atoms with van der Waals surface area (Å²) in [6.45, 7) is 8.50. The zero-order chi connectivity index (χ0) is 17.8. The van der Waals surface area contributed by atoms with Gasteiger partial charge < -0.3 is 10.6 Å². The second kappa shape index (κ2) is 7.30. The summed E-state index contributed by atoms with van der Waals surface area (Å²) in [7, 11) is 0. The normalized spacial score (nSPS) is 10.8. The van der Waals surface area contributed by atoms with Crippen LogP contribution in [0, 0.1) is 13.8 Å². The molecule has 5 heteroatoms. The summed E-state index contributed by atoms with van der Waals surface area (Å²) in [5, 5.41) is 14.8. The summed E-state index contributed by atoms with van der Waals surface area (Å²) < 4.78 is 0. The van der Waals surface area contributed by atoms with E-state index < -0.39 is 0 Å². The van der Waals surface area contributed by atoms with Crippen molar-refractivity contribution in [2.45, 2.75) is 33.6 Å². The van der Waals surface area contributed by atoms with Crippen LogP contribution in [0.5, 0.6) is 0 Å². The SMILES string of the molecule is Cc1ccccc1Nc1nncc(Nc2c(C)cccc2C(C)C)n1. The molecule has 0 fully saturated rings. The van der Waals surface area contributed by atoms with Gasteiger partial charge in [-0.3, -0.25) is 0 Å². The second-order valence-electron chi connectivity index (χ2n) is 6.42. The van der Waals surface area contributed by atoms with Crippen molar-refractivity contribution in [2.24, 2.45) is 0 Å². The molecule has 3 rings (SSSR count). The average Bonchev–Trinajstić information content (AvgIpc) is 2.59. The van der Waals surface area contributed by atoms with Gasteiger partial charge in [-0.2, -0.15) is 10.1 Å². The summed E-state index contributed by atoms with van der Waals surface area (Å²) in [5.74, 6) is 1.56. The fourth-order valence-electron chi connectivity index (χ4n) is 2.72. The molecule has 2 aromatic carbocycles. The first-order valence-corrected chi connectivity index (χ1v) is 8.43. The molecule has 3 aromatic rings.